The van der Waals surface area contributed by atoms with Crippen LogP contribution in [0.5, 0.6) is 0 Å². The minimum Gasteiger partial charge on any atom is -0.325 e. The number of benzene rings is 1. The predicted molar refractivity (Wildman–Crippen MR) is 91.7 cm³/mol. The van der Waals surface area contributed by atoms with E-state index in [1.54, 1.807) is 0 Å². The summed E-state index contributed by atoms with van der Waals surface area (Å²) < 4.78 is 37.5. The third-order valence-corrected chi connectivity index (χ3v) is 5.03. The van der Waals surface area contributed by atoms with E-state index in [9.17, 15) is 18.0 Å². The Morgan fingerprint density at radius 1 is 1.16 bits per heavy atom. The lowest BCUT2D eigenvalue weighted by Crippen LogP contribution is -2.17. The number of nitrogens with zero attached hydrogens (tertiary/aromatic N) is 1. The van der Waals surface area contributed by atoms with Crippen LogP contribution >= 0.6 is 11.8 Å². The first-order valence-corrected chi connectivity index (χ1v) is 8.99. The number of carbonyl (C=O) groups excluding carboxylic acids is 1. The highest BCUT2D eigenvalue weighted by atomic mass is 32.2. The molecule has 0 radical (unpaired) electrons. The fourth-order valence-electron chi connectivity index (χ4n) is 2.86. The fourth-order valence-corrected chi connectivity index (χ4v) is 3.50. The number of pyridine rings is 1. The highest BCUT2D eigenvalue weighted by molar-refractivity contribution is 7.99. The van der Waals surface area contributed by atoms with Gasteiger partial charge >= 0.3 is 6.18 Å². The number of alkyl halides is 3. The Hall–Kier alpha value is -2.02. The molecule has 3 nitrogen and oxygen atoms in total. The average molecular weight is 366 g/mol. The fraction of sp³-hybridized carbons (Fsp3) is 0.333. The molecule has 1 aliphatic carbocycles. The van der Waals surface area contributed by atoms with Crippen molar-refractivity contribution in [1.82, 2.24) is 4.98 Å². The van der Waals surface area contributed by atoms with Crippen molar-refractivity contribution in [3.63, 3.8) is 0 Å². The van der Waals surface area contributed by atoms with E-state index in [1.165, 1.54) is 23.6 Å². The molecule has 1 aromatic carbocycles. The summed E-state index contributed by atoms with van der Waals surface area (Å²) in [6.07, 6.45) is 0.653. The standard InChI is InChI=1S/C18H17F3N2OS/c19-18(20,21)13-8-9-17(22-10-13)25-11-16(24)23-15-7-3-5-12-4-1-2-6-14(12)15/h3,5,7-10H,1-2,4,6,11H2,(H,23,24). The molecule has 132 valence electrons. The summed E-state index contributed by atoms with van der Waals surface area (Å²) in [4.78, 5) is 15.9. The van der Waals surface area contributed by atoms with E-state index >= 15 is 0 Å². The van der Waals surface area contributed by atoms with Crippen LogP contribution in [0.2, 0.25) is 0 Å². The molecule has 25 heavy (non-hydrogen) atoms. The number of aryl methyl sites for hydroxylation is 1. The van der Waals surface area contributed by atoms with Gasteiger partial charge in [0.15, 0.2) is 0 Å². The second-order valence-corrected chi connectivity index (χ2v) is 6.87. The van der Waals surface area contributed by atoms with Crippen LogP contribution in [0.4, 0.5) is 18.9 Å². The summed E-state index contributed by atoms with van der Waals surface area (Å²) >= 11 is 1.11. The number of anilines is 1. The van der Waals surface area contributed by atoms with Crippen molar-refractivity contribution in [3.8, 4) is 0 Å². The largest absolute Gasteiger partial charge is 0.417 e. The summed E-state index contributed by atoms with van der Waals surface area (Å²) in [5, 5.41) is 3.30. The number of aromatic nitrogens is 1. The summed E-state index contributed by atoms with van der Waals surface area (Å²) in [6, 6.07) is 8.17. The molecule has 0 atom stereocenters. The number of nitrogens with one attached hydrogen (secondary N) is 1. The zero-order chi connectivity index (χ0) is 17.9. The minimum atomic E-state index is -4.40. The molecule has 0 bridgehead atoms. The summed E-state index contributed by atoms with van der Waals surface area (Å²) in [5.41, 5.74) is 2.52. The molecule has 3 rings (SSSR count). The minimum absolute atomic E-state index is 0.0992. The monoisotopic (exact) mass is 366 g/mol. The Morgan fingerprint density at radius 2 is 1.96 bits per heavy atom. The van der Waals surface area contributed by atoms with Gasteiger partial charge in [-0.25, -0.2) is 4.98 Å². The number of carbonyl (C=O) groups is 1. The van der Waals surface area contributed by atoms with Gasteiger partial charge in [-0.05, 0) is 55.0 Å². The number of fused-ring (bicyclic) bond motifs is 1. The van der Waals surface area contributed by atoms with Crippen molar-refractivity contribution < 1.29 is 18.0 Å². The number of hydrogen-bond acceptors (Lipinski definition) is 3. The third-order valence-electron chi connectivity index (χ3n) is 4.08. The Morgan fingerprint density at radius 3 is 2.68 bits per heavy atom. The van der Waals surface area contributed by atoms with Crippen LogP contribution in [-0.4, -0.2) is 16.6 Å². The van der Waals surface area contributed by atoms with Gasteiger partial charge in [0.1, 0.15) is 0 Å². The van der Waals surface area contributed by atoms with E-state index in [0.717, 1.165) is 49.0 Å². The first-order chi connectivity index (χ1) is 11.9. The number of thioether (sulfide) groups is 1. The predicted octanol–water partition coefficient (Wildman–Crippen LogP) is 4.71. The van der Waals surface area contributed by atoms with Crippen molar-refractivity contribution in [2.75, 3.05) is 11.1 Å². The topological polar surface area (TPSA) is 42.0 Å². The van der Waals surface area contributed by atoms with Crippen molar-refractivity contribution in [2.24, 2.45) is 0 Å². The lowest BCUT2D eigenvalue weighted by Gasteiger charge is -2.19. The third kappa shape index (κ3) is 4.54. The molecule has 0 aliphatic heterocycles. The van der Waals surface area contributed by atoms with Crippen LogP contribution in [0.15, 0.2) is 41.6 Å². The average Bonchev–Trinajstić information content (AvgIpc) is 2.60. The molecule has 1 amide bonds. The molecule has 1 N–H and O–H groups in total. The lowest BCUT2D eigenvalue weighted by atomic mass is 9.90. The molecule has 0 saturated heterocycles. The van der Waals surface area contributed by atoms with Gasteiger partial charge in [0.2, 0.25) is 5.91 Å². The second kappa shape index (κ2) is 7.47. The van der Waals surface area contributed by atoms with E-state index in [-0.39, 0.29) is 11.7 Å². The molecule has 7 heteroatoms. The Balaban J connectivity index is 1.59. The summed E-state index contributed by atoms with van der Waals surface area (Å²) in [7, 11) is 0. The van der Waals surface area contributed by atoms with Crippen LogP contribution < -0.4 is 5.32 Å². The first kappa shape index (κ1) is 17.8. The van der Waals surface area contributed by atoms with Gasteiger partial charge in [-0.1, -0.05) is 23.9 Å². The highest BCUT2D eigenvalue weighted by Crippen LogP contribution is 2.30. The van der Waals surface area contributed by atoms with E-state index in [4.69, 9.17) is 0 Å². The van der Waals surface area contributed by atoms with E-state index in [0.29, 0.717) is 5.03 Å². The zero-order valence-electron chi connectivity index (χ0n) is 13.4. The Labute approximate surface area is 148 Å². The molecule has 2 aromatic rings. The Bertz CT molecular complexity index is 760. The number of amides is 1. The quantitative estimate of drug-likeness (QED) is 0.797. The van der Waals surface area contributed by atoms with Crippen molar-refractivity contribution in [3.05, 3.63) is 53.2 Å². The van der Waals surface area contributed by atoms with E-state index < -0.39 is 11.7 Å². The molecule has 0 spiro atoms. The molecular weight excluding hydrogens is 349 g/mol. The van der Waals surface area contributed by atoms with Gasteiger partial charge in [-0.3, -0.25) is 4.79 Å². The van der Waals surface area contributed by atoms with Crippen molar-refractivity contribution in [2.45, 2.75) is 36.9 Å². The highest BCUT2D eigenvalue weighted by Gasteiger charge is 2.30. The van der Waals surface area contributed by atoms with Gasteiger partial charge in [0.25, 0.3) is 0 Å². The molecule has 1 heterocycles. The van der Waals surface area contributed by atoms with Crippen LogP contribution in [0.3, 0.4) is 0 Å². The van der Waals surface area contributed by atoms with Crippen molar-refractivity contribution in [1.29, 1.82) is 0 Å². The van der Waals surface area contributed by atoms with E-state index in [1.807, 2.05) is 12.1 Å². The van der Waals surface area contributed by atoms with Gasteiger partial charge in [-0.2, -0.15) is 13.2 Å². The van der Waals surface area contributed by atoms with Gasteiger partial charge in [-0.15, -0.1) is 0 Å². The van der Waals surface area contributed by atoms with Gasteiger partial charge in [0, 0.05) is 11.9 Å². The van der Waals surface area contributed by atoms with Crippen LogP contribution in [0.1, 0.15) is 29.5 Å². The Kier molecular flexibility index (Phi) is 5.32. The number of halogens is 3. The molecule has 0 saturated carbocycles. The van der Waals surface area contributed by atoms with Gasteiger partial charge < -0.3 is 5.32 Å². The van der Waals surface area contributed by atoms with Crippen LogP contribution in [-0.2, 0) is 23.8 Å². The maximum Gasteiger partial charge on any atom is 0.417 e. The van der Waals surface area contributed by atoms with Crippen LogP contribution in [0, 0.1) is 0 Å². The number of hydrogen-bond donors (Lipinski definition) is 1. The SMILES string of the molecule is O=C(CSc1ccc(C(F)(F)F)cn1)Nc1cccc2c1CCCC2. The maximum absolute atomic E-state index is 12.5. The second-order valence-electron chi connectivity index (χ2n) is 5.87. The van der Waals surface area contributed by atoms with Crippen LogP contribution in [0.25, 0.3) is 0 Å². The normalized spacial score (nSPS) is 14.0. The molecule has 1 aromatic heterocycles. The smallest absolute Gasteiger partial charge is 0.325 e. The molecule has 0 fully saturated rings. The number of rotatable bonds is 4. The maximum atomic E-state index is 12.5. The summed E-state index contributed by atoms with van der Waals surface area (Å²) in [6.45, 7) is 0. The first-order valence-electron chi connectivity index (χ1n) is 8.00. The molecular formula is C18H17F3N2OS. The van der Waals surface area contributed by atoms with Gasteiger partial charge in [0.05, 0.1) is 16.3 Å². The molecule has 1 aliphatic rings. The van der Waals surface area contributed by atoms with Crippen molar-refractivity contribution >= 4 is 23.4 Å². The van der Waals surface area contributed by atoms with E-state index in [2.05, 4.69) is 16.4 Å². The zero-order valence-corrected chi connectivity index (χ0v) is 14.2. The lowest BCUT2D eigenvalue weighted by molar-refractivity contribution is -0.137. The molecule has 0 unspecified atom stereocenters. The summed E-state index contributed by atoms with van der Waals surface area (Å²) in [5.74, 6) is -0.0900.